The summed E-state index contributed by atoms with van der Waals surface area (Å²) in [5, 5.41) is 2.77. The summed E-state index contributed by atoms with van der Waals surface area (Å²) in [6, 6.07) is 14.7. The Labute approximate surface area is 154 Å². The second-order valence-electron chi connectivity index (χ2n) is 6.02. The third-order valence-corrected chi connectivity index (χ3v) is 5.03. The molecule has 7 heteroatoms. The summed E-state index contributed by atoms with van der Waals surface area (Å²) in [7, 11) is -2.03. The topological polar surface area (TPSA) is 75.7 Å². The van der Waals surface area contributed by atoms with Gasteiger partial charge in [-0.1, -0.05) is 36.4 Å². The van der Waals surface area contributed by atoms with Gasteiger partial charge in [-0.3, -0.25) is 9.10 Å². The van der Waals surface area contributed by atoms with Gasteiger partial charge in [-0.15, -0.1) is 0 Å². The maximum absolute atomic E-state index is 12.2. The molecule has 0 saturated carbocycles. The van der Waals surface area contributed by atoms with E-state index in [1.165, 1.54) is 11.4 Å². The van der Waals surface area contributed by atoms with E-state index in [1.54, 1.807) is 12.1 Å². The van der Waals surface area contributed by atoms with Crippen molar-refractivity contribution in [2.75, 3.05) is 30.8 Å². The minimum Gasteiger partial charge on any atom is -0.495 e. The molecule has 26 heavy (non-hydrogen) atoms. The smallest absolute Gasteiger partial charge is 0.232 e. The number of hydrogen-bond donors (Lipinski definition) is 1. The summed E-state index contributed by atoms with van der Waals surface area (Å²) in [6.45, 7) is 2.21. The van der Waals surface area contributed by atoms with Gasteiger partial charge in [0.25, 0.3) is 0 Å². The van der Waals surface area contributed by atoms with Gasteiger partial charge < -0.3 is 10.1 Å². The van der Waals surface area contributed by atoms with Gasteiger partial charge in [0, 0.05) is 6.54 Å². The average molecular weight is 376 g/mol. The molecule has 0 bridgehead atoms. The molecule has 0 aliphatic heterocycles. The first-order valence-corrected chi connectivity index (χ1v) is 10.1. The molecule has 0 radical (unpaired) electrons. The van der Waals surface area contributed by atoms with Gasteiger partial charge in [-0.2, -0.15) is 0 Å². The lowest BCUT2D eigenvalue weighted by Crippen LogP contribution is -2.38. The second kappa shape index (κ2) is 8.71. The molecule has 0 aliphatic rings. The Morgan fingerprint density at radius 2 is 1.85 bits per heavy atom. The fourth-order valence-corrected chi connectivity index (χ4v) is 3.52. The minimum atomic E-state index is -3.52. The molecule has 0 unspecified atom stereocenters. The first kappa shape index (κ1) is 19.8. The maximum Gasteiger partial charge on any atom is 0.232 e. The number of aryl methyl sites for hydroxylation is 1. The highest BCUT2D eigenvalue weighted by Crippen LogP contribution is 2.30. The van der Waals surface area contributed by atoms with Crippen molar-refractivity contribution < 1.29 is 17.9 Å². The van der Waals surface area contributed by atoms with Crippen LogP contribution >= 0.6 is 0 Å². The second-order valence-corrected chi connectivity index (χ2v) is 7.93. The number of anilines is 1. The van der Waals surface area contributed by atoms with E-state index in [4.69, 9.17) is 4.74 Å². The highest BCUT2D eigenvalue weighted by molar-refractivity contribution is 7.92. The Balaban J connectivity index is 2.06. The van der Waals surface area contributed by atoms with Crippen LogP contribution in [0.2, 0.25) is 0 Å². The van der Waals surface area contributed by atoms with Gasteiger partial charge in [0.1, 0.15) is 5.75 Å². The molecular weight excluding hydrogens is 352 g/mol. The quantitative estimate of drug-likeness (QED) is 0.766. The maximum atomic E-state index is 12.2. The number of nitrogens with one attached hydrogen (secondary N) is 1. The number of nitrogens with zero attached hydrogens (tertiary/aromatic N) is 1. The van der Waals surface area contributed by atoms with Crippen LogP contribution in [0.3, 0.4) is 0 Å². The average Bonchev–Trinajstić information content (AvgIpc) is 2.58. The van der Waals surface area contributed by atoms with Crippen molar-refractivity contribution >= 4 is 21.6 Å². The van der Waals surface area contributed by atoms with Crippen LogP contribution in [0.5, 0.6) is 5.75 Å². The van der Waals surface area contributed by atoms with Crippen molar-refractivity contribution in [2.45, 2.75) is 13.3 Å². The Hall–Kier alpha value is -2.54. The fourth-order valence-electron chi connectivity index (χ4n) is 2.60. The predicted molar refractivity (Wildman–Crippen MR) is 103 cm³/mol. The van der Waals surface area contributed by atoms with E-state index in [0.717, 1.165) is 17.4 Å². The van der Waals surface area contributed by atoms with Crippen molar-refractivity contribution in [3.05, 3.63) is 59.7 Å². The molecule has 2 aromatic carbocycles. The highest BCUT2D eigenvalue weighted by Gasteiger charge is 2.21. The van der Waals surface area contributed by atoms with E-state index in [0.29, 0.717) is 11.4 Å². The molecule has 0 aliphatic carbocycles. The van der Waals surface area contributed by atoms with E-state index in [9.17, 15) is 13.2 Å². The Morgan fingerprint density at radius 3 is 2.46 bits per heavy atom. The molecule has 1 N–H and O–H groups in total. The van der Waals surface area contributed by atoms with Crippen LogP contribution < -0.4 is 14.4 Å². The molecule has 0 saturated heterocycles. The van der Waals surface area contributed by atoms with E-state index in [2.05, 4.69) is 5.32 Å². The lowest BCUT2D eigenvalue weighted by atomic mass is 10.1. The zero-order valence-corrected chi connectivity index (χ0v) is 16.0. The Morgan fingerprint density at radius 1 is 1.15 bits per heavy atom. The van der Waals surface area contributed by atoms with Crippen molar-refractivity contribution in [1.29, 1.82) is 0 Å². The molecular formula is C19H24N2O4S. The van der Waals surface area contributed by atoms with Crippen LogP contribution in [0.4, 0.5) is 5.69 Å². The molecule has 6 nitrogen and oxygen atoms in total. The van der Waals surface area contributed by atoms with E-state index < -0.39 is 10.0 Å². The van der Waals surface area contributed by atoms with Crippen molar-refractivity contribution in [1.82, 2.24) is 5.32 Å². The first-order valence-electron chi connectivity index (χ1n) is 8.24. The summed E-state index contributed by atoms with van der Waals surface area (Å²) in [5.41, 5.74) is 2.29. The van der Waals surface area contributed by atoms with E-state index >= 15 is 0 Å². The zero-order valence-electron chi connectivity index (χ0n) is 15.2. The third kappa shape index (κ3) is 5.49. The standard InChI is InChI=1S/C19H24N2O4S/c1-15-9-10-18(25-2)17(13-15)21(26(3,23)24)12-11-20-19(22)14-16-7-5-4-6-8-16/h4-10,13H,11-12,14H2,1-3H3,(H,20,22). The highest BCUT2D eigenvalue weighted by atomic mass is 32.2. The van der Waals surface area contributed by atoms with Crippen molar-refractivity contribution in [3.8, 4) is 5.75 Å². The zero-order chi connectivity index (χ0) is 19.2. The fraction of sp³-hybridized carbons (Fsp3) is 0.316. The van der Waals surface area contributed by atoms with Crippen LogP contribution in [0.1, 0.15) is 11.1 Å². The van der Waals surface area contributed by atoms with Crippen LogP contribution in [0.15, 0.2) is 48.5 Å². The van der Waals surface area contributed by atoms with Gasteiger partial charge in [0.2, 0.25) is 15.9 Å². The number of hydrogen-bond acceptors (Lipinski definition) is 4. The number of benzene rings is 2. The van der Waals surface area contributed by atoms with E-state index in [1.807, 2.05) is 43.3 Å². The number of ether oxygens (including phenoxy) is 1. The normalized spacial score (nSPS) is 11.0. The molecule has 0 heterocycles. The predicted octanol–water partition coefficient (Wildman–Crippen LogP) is 2.13. The SMILES string of the molecule is COc1ccc(C)cc1N(CCNC(=O)Cc1ccccc1)S(C)(=O)=O. The van der Waals surface area contributed by atoms with Gasteiger partial charge in [-0.25, -0.2) is 8.42 Å². The van der Waals surface area contributed by atoms with Gasteiger partial charge in [-0.05, 0) is 30.2 Å². The number of methoxy groups -OCH3 is 1. The number of carbonyl (C=O) groups is 1. The van der Waals surface area contributed by atoms with Crippen molar-refractivity contribution in [2.24, 2.45) is 0 Å². The van der Waals surface area contributed by atoms with Gasteiger partial charge in [0.15, 0.2) is 0 Å². The molecule has 1 amide bonds. The summed E-state index contributed by atoms with van der Waals surface area (Å²) >= 11 is 0. The van der Waals surface area contributed by atoms with Crippen LogP contribution in [0.25, 0.3) is 0 Å². The first-order chi connectivity index (χ1) is 12.3. The molecule has 2 aromatic rings. The van der Waals surface area contributed by atoms with Crippen LogP contribution in [-0.2, 0) is 21.2 Å². The lowest BCUT2D eigenvalue weighted by molar-refractivity contribution is -0.120. The lowest BCUT2D eigenvalue weighted by Gasteiger charge is -2.24. The molecule has 140 valence electrons. The van der Waals surface area contributed by atoms with Crippen molar-refractivity contribution in [3.63, 3.8) is 0 Å². The van der Waals surface area contributed by atoms with E-state index in [-0.39, 0.29) is 25.4 Å². The Kier molecular flexibility index (Phi) is 6.63. The largest absolute Gasteiger partial charge is 0.495 e. The molecule has 2 rings (SSSR count). The summed E-state index contributed by atoms with van der Waals surface area (Å²) in [4.78, 5) is 12.1. The summed E-state index contributed by atoms with van der Waals surface area (Å²) in [5.74, 6) is 0.317. The summed E-state index contributed by atoms with van der Waals surface area (Å²) < 4.78 is 31.0. The molecule has 0 spiro atoms. The third-order valence-electron chi connectivity index (χ3n) is 3.85. The number of amides is 1. The monoisotopic (exact) mass is 376 g/mol. The molecule has 0 atom stereocenters. The van der Waals surface area contributed by atoms with Crippen LogP contribution in [0, 0.1) is 6.92 Å². The van der Waals surface area contributed by atoms with Crippen LogP contribution in [-0.4, -0.2) is 40.8 Å². The number of rotatable bonds is 8. The number of carbonyl (C=O) groups excluding carboxylic acids is 1. The summed E-state index contributed by atoms with van der Waals surface area (Å²) in [6.07, 6.45) is 1.40. The van der Waals surface area contributed by atoms with Gasteiger partial charge >= 0.3 is 0 Å². The Bertz CT molecular complexity index is 851. The molecule has 0 fully saturated rings. The van der Waals surface area contributed by atoms with Gasteiger partial charge in [0.05, 0.1) is 32.0 Å². The number of sulfonamides is 1. The minimum absolute atomic E-state index is 0.124. The molecule has 0 aromatic heterocycles.